The van der Waals surface area contributed by atoms with Crippen LogP contribution in [0.2, 0.25) is 0 Å². The van der Waals surface area contributed by atoms with Gasteiger partial charge in [0.15, 0.2) is 0 Å². The highest BCUT2D eigenvalue weighted by molar-refractivity contribution is 5.73. The molecular formula is C9H14N2O. The summed E-state index contributed by atoms with van der Waals surface area (Å²) < 4.78 is 0. The smallest absolute Gasteiger partial charge is 0.219 e. The number of rotatable bonds is 4. The van der Waals surface area contributed by atoms with Gasteiger partial charge in [-0.25, -0.2) is 0 Å². The quantitative estimate of drug-likeness (QED) is 0.456. The van der Waals surface area contributed by atoms with Crippen molar-refractivity contribution in [2.75, 3.05) is 13.6 Å². The first-order chi connectivity index (χ1) is 5.61. The number of aliphatic imine (C=N–C) groups is 1. The summed E-state index contributed by atoms with van der Waals surface area (Å²) in [6, 6.07) is 0. The van der Waals surface area contributed by atoms with Crippen molar-refractivity contribution < 1.29 is 4.79 Å². The first-order valence-electron chi connectivity index (χ1n) is 3.60. The zero-order valence-electron chi connectivity index (χ0n) is 7.58. The molecule has 0 rings (SSSR count). The van der Waals surface area contributed by atoms with E-state index in [1.807, 2.05) is 0 Å². The Bertz CT molecular complexity index is 219. The molecule has 0 fully saturated rings. The Kier molecular flexibility index (Phi) is 4.69. The second-order valence-corrected chi connectivity index (χ2v) is 2.47. The number of likely N-dealkylation sites (N-methyl/N-ethyl adjacent to an activating group) is 1. The van der Waals surface area contributed by atoms with Crippen molar-refractivity contribution in [2.24, 2.45) is 4.99 Å². The Morgan fingerprint density at radius 1 is 1.67 bits per heavy atom. The minimum absolute atomic E-state index is 0.0202. The SMILES string of the molecule is C=C/C(=C\N=C)CN(C)C(C)=O. The molecular weight excluding hydrogens is 152 g/mol. The number of nitrogens with zero attached hydrogens (tertiary/aromatic N) is 2. The molecule has 0 spiro atoms. The largest absolute Gasteiger partial charge is 0.342 e. The summed E-state index contributed by atoms with van der Waals surface area (Å²) in [6.45, 7) is 8.96. The van der Waals surface area contributed by atoms with Crippen LogP contribution in [-0.2, 0) is 4.79 Å². The lowest BCUT2D eigenvalue weighted by Crippen LogP contribution is -2.25. The third-order valence-electron chi connectivity index (χ3n) is 1.48. The standard InChI is InChI=1S/C9H14N2O/c1-5-9(6-10-3)7-11(4)8(2)12/h5-6H,1,3,7H2,2,4H3/b9-6+. The highest BCUT2D eigenvalue weighted by Crippen LogP contribution is 1.98. The van der Waals surface area contributed by atoms with E-state index in [1.54, 1.807) is 24.2 Å². The van der Waals surface area contributed by atoms with Gasteiger partial charge in [0.2, 0.25) is 5.91 Å². The van der Waals surface area contributed by atoms with Crippen LogP contribution < -0.4 is 0 Å². The molecule has 0 bridgehead atoms. The third-order valence-corrected chi connectivity index (χ3v) is 1.48. The molecule has 12 heavy (non-hydrogen) atoms. The van der Waals surface area contributed by atoms with Gasteiger partial charge < -0.3 is 4.90 Å². The number of hydrogen-bond donors (Lipinski definition) is 0. The lowest BCUT2D eigenvalue weighted by atomic mass is 10.2. The predicted octanol–water partition coefficient (Wildman–Crippen LogP) is 1.24. The fourth-order valence-corrected chi connectivity index (χ4v) is 0.661. The van der Waals surface area contributed by atoms with Crippen LogP contribution in [0.4, 0.5) is 0 Å². The monoisotopic (exact) mass is 166 g/mol. The molecule has 0 radical (unpaired) electrons. The molecule has 0 aromatic heterocycles. The molecule has 0 aliphatic carbocycles. The zero-order chi connectivity index (χ0) is 9.56. The van der Waals surface area contributed by atoms with Crippen LogP contribution in [0.3, 0.4) is 0 Å². The van der Waals surface area contributed by atoms with E-state index in [4.69, 9.17) is 0 Å². The molecule has 1 amide bonds. The van der Waals surface area contributed by atoms with E-state index < -0.39 is 0 Å². The predicted molar refractivity (Wildman–Crippen MR) is 51.1 cm³/mol. The summed E-state index contributed by atoms with van der Waals surface area (Å²) in [7, 11) is 1.72. The van der Waals surface area contributed by atoms with Crippen LogP contribution in [0.5, 0.6) is 0 Å². The number of hydrogen-bond acceptors (Lipinski definition) is 2. The van der Waals surface area contributed by atoms with Gasteiger partial charge in [-0.1, -0.05) is 12.7 Å². The zero-order valence-corrected chi connectivity index (χ0v) is 7.58. The Balaban J connectivity index is 4.20. The van der Waals surface area contributed by atoms with Crippen molar-refractivity contribution in [1.82, 2.24) is 4.90 Å². The second-order valence-electron chi connectivity index (χ2n) is 2.47. The molecule has 0 saturated heterocycles. The van der Waals surface area contributed by atoms with Crippen LogP contribution in [-0.4, -0.2) is 31.1 Å². The summed E-state index contributed by atoms with van der Waals surface area (Å²) in [4.78, 5) is 16.0. The van der Waals surface area contributed by atoms with Crippen molar-refractivity contribution in [2.45, 2.75) is 6.92 Å². The fourth-order valence-electron chi connectivity index (χ4n) is 0.661. The molecule has 0 aliphatic heterocycles. The van der Waals surface area contributed by atoms with Crippen molar-refractivity contribution in [3.05, 3.63) is 24.4 Å². The van der Waals surface area contributed by atoms with E-state index in [9.17, 15) is 4.79 Å². The van der Waals surface area contributed by atoms with E-state index in [-0.39, 0.29) is 5.91 Å². The van der Waals surface area contributed by atoms with Gasteiger partial charge in [0.05, 0.1) is 0 Å². The topological polar surface area (TPSA) is 32.7 Å². The summed E-state index contributed by atoms with van der Waals surface area (Å²) in [5.41, 5.74) is 0.878. The van der Waals surface area contributed by atoms with Gasteiger partial charge in [0, 0.05) is 26.7 Å². The average Bonchev–Trinajstić information content (AvgIpc) is 2.03. The molecule has 0 N–H and O–H groups in total. The molecule has 0 heterocycles. The Labute approximate surface area is 73.1 Å². The maximum atomic E-state index is 10.8. The molecule has 0 aromatic carbocycles. The normalized spacial score (nSPS) is 10.7. The summed E-state index contributed by atoms with van der Waals surface area (Å²) >= 11 is 0. The molecule has 0 atom stereocenters. The number of carbonyl (C=O) groups is 1. The molecule has 0 aliphatic rings. The van der Waals surface area contributed by atoms with E-state index in [1.165, 1.54) is 6.92 Å². The molecule has 66 valence electrons. The second kappa shape index (κ2) is 5.29. The lowest BCUT2D eigenvalue weighted by molar-refractivity contribution is -0.127. The van der Waals surface area contributed by atoms with Crippen LogP contribution >= 0.6 is 0 Å². The fraction of sp³-hybridized carbons (Fsp3) is 0.333. The van der Waals surface area contributed by atoms with Crippen LogP contribution in [0.25, 0.3) is 0 Å². The van der Waals surface area contributed by atoms with Crippen LogP contribution in [0.15, 0.2) is 29.4 Å². The van der Waals surface area contributed by atoms with Gasteiger partial charge in [-0.3, -0.25) is 9.79 Å². The van der Waals surface area contributed by atoms with Crippen molar-refractivity contribution >= 4 is 12.6 Å². The van der Waals surface area contributed by atoms with Gasteiger partial charge in [0.1, 0.15) is 0 Å². The highest BCUT2D eigenvalue weighted by Gasteiger charge is 2.02. The van der Waals surface area contributed by atoms with Crippen molar-refractivity contribution in [3.8, 4) is 0 Å². The van der Waals surface area contributed by atoms with E-state index in [0.29, 0.717) is 6.54 Å². The van der Waals surface area contributed by atoms with Crippen LogP contribution in [0.1, 0.15) is 6.92 Å². The van der Waals surface area contributed by atoms with E-state index >= 15 is 0 Å². The number of carbonyl (C=O) groups excluding carboxylic acids is 1. The number of amides is 1. The Hall–Kier alpha value is -1.38. The average molecular weight is 166 g/mol. The van der Waals surface area contributed by atoms with E-state index in [0.717, 1.165) is 5.57 Å². The summed E-state index contributed by atoms with van der Waals surface area (Å²) in [5, 5.41) is 0. The first-order valence-corrected chi connectivity index (χ1v) is 3.60. The van der Waals surface area contributed by atoms with Crippen LogP contribution in [0, 0.1) is 0 Å². The molecule has 0 aromatic rings. The molecule has 0 saturated carbocycles. The lowest BCUT2D eigenvalue weighted by Gasteiger charge is -2.14. The highest BCUT2D eigenvalue weighted by atomic mass is 16.2. The first kappa shape index (κ1) is 10.6. The Morgan fingerprint density at radius 2 is 2.25 bits per heavy atom. The van der Waals surface area contributed by atoms with Gasteiger partial charge in [0.25, 0.3) is 0 Å². The van der Waals surface area contributed by atoms with Gasteiger partial charge in [-0.05, 0) is 12.3 Å². The third kappa shape index (κ3) is 3.71. The minimum Gasteiger partial charge on any atom is -0.342 e. The minimum atomic E-state index is 0.0202. The van der Waals surface area contributed by atoms with Gasteiger partial charge in [-0.15, -0.1) is 0 Å². The molecule has 3 heteroatoms. The summed E-state index contributed by atoms with van der Waals surface area (Å²) in [5.74, 6) is 0.0202. The summed E-state index contributed by atoms with van der Waals surface area (Å²) in [6.07, 6.45) is 3.25. The molecule has 0 unspecified atom stereocenters. The van der Waals surface area contributed by atoms with Gasteiger partial charge >= 0.3 is 0 Å². The molecule has 3 nitrogen and oxygen atoms in total. The Morgan fingerprint density at radius 3 is 2.58 bits per heavy atom. The maximum Gasteiger partial charge on any atom is 0.219 e. The van der Waals surface area contributed by atoms with Gasteiger partial charge in [-0.2, -0.15) is 0 Å². The van der Waals surface area contributed by atoms with Crippen molar-refractivity contribution in [1.29, 1.82) is 0 Å². The van der Waals surface area contributed by atoms with Crippen molar-refractivity contribution in [3.63, 3.8) is 0 Å². The van der Waals surface area contributed by atoms with E-state index in [2.05, 4.69) is 18.3 Å². The maximum absolute atomic E-state index is 10.8.